The van der Waals surface area contributed by atoms with Crippen LogP contribution in [-0.4, -0.2) is 11.6 Å². The van der Waals surface area contributed by atoms with E-state index in [2.05, 4.69) is 31.0 Å². The number of nitrogens with zero attached hydrogens (tertiary/aromatic N) is 1. The maximum atomic E-state index is 5.86. The summed E-state index contributed by atoms with van der Waals surface area (Å²) < 4.78 is 11.6. The molecule has 3 aromatic rings. The van der Waals surface area contributed by atoms with E-state index in [0.717, 1.165) is 35.6 Å². The molecule has 0 aliphatic carbocycles. The third kappa shape index (κ3) is 4.72. The van der Waals surface area contributed by atoms with Crippen molar-refractivity contribution in [2.75, 3.05) is 6.61 Å². The molecule has 0 amide bonds. The normalized spacial score (nSPS) is 11.0. The first kappa shape index (κ1) is 17.3. The van der Waals surface area contributed by atoms with Crippen molar-refractivity contribution in [1.29, 1.82) is 0 Å². The van der Waals surface area contributed by atoms with Gasteiger partial charge in [-0.3, -0.25) is 0 Å². The van der Waals surface area contributed by atoms with Crippen LogP contribution in [-0.2, 0) is 12.8 Å². The quantitative estimate of drug-likeness (QED) is 0.574. The van der Waals surface area contributed by atoms with Gasteiger partial charge in [-0.05, 0) is 49.1 Å². The predicted octanol–water partition coefficient (Wildman–Crippen LogP) is 5.47. The molecule has 1 heterocycles. The van der Waals surface area contributed by atoms with Crippen molar-refractivity contribution in [2.45, 2.75) is 33.6 Å². The highest BCUT2D eigenvalue weighted by Gasteiger charge is 2.11. The van der Waals surface area contributed by atoms with Crippen molar-refractivity contribution in [3.63, 3.8) is 0 Å². The molecule has 0 unspecified atom stereocenters. The summed E-state index contributed by atoms with van der Waals surface area (Å²) in [5.41, 5.74) is 3.30. The number of aromatic nitrogens is 1. The summed E-state index contributed by atoms with van der Waals surface area (Å²) in [6.45, 7) is 7.00. The van der Waals surface area contributed by atoms with Crippen molar-refractivity contribution in [1.82, 2.24) is 4.98 Å². The first-order valence-electron chi connectivity index (χ1n) is 8.85. The minimum atomic E-state index is 0.588. The molecule has 1 aromatic heterocycles. The van der Waals surface area contributed by atoms with Gasteiger partial charge >= 0.3 is 0 Å². The molecule has 3 rings (SSSR count). The van der Waals surface area contributed by atoms with Gasteiger partial charge in [0.15, 0.2) is 0 Å². The average Bonchev–Trinajstić information content (AvgIpc) is 2.98. The Hall–Kier alpha value is -2.55. The van der Waals surface area contributed by atoms with Crippen molar-refractivity contribution in [3.05, 3.63) is 71.6 Å². The molecule has 0 bridgehead atoms. The Bertz CT molecular complexity index is 789. The topological polar surface area (TPSA) is 35.3 Å². The van der Waals surface area contributed by atoms with Crippen LogP contribution in [0.5, 0.6) is 5.75 Å². The van der Waals surface area contributed by atoms with E-state index in [1.807, 2.05) is 49.4 Å². The molecular weight excluding hydrogens is 310 g/mol. The van der Waals surface area contributed by atoms with E-state index in [-0.39, 0.29) is 0 Å². The molecule has 0 radical (unpaired) electrons. The van der Waals surface area contributed by atoms with Gasteiger partial charge in [0.25, 0.3) is 0 Å². The second-order valence-corrected chi connectivity index (χ2v) is 6.73. The van der Waals surface area contributed by atoms with Crippen molar-refractivity contribution >= 4 is 0 Å². The third-order valence-corrected chi connectivity index (χ3v) is 4.09. The molecule has 3 heteroatoms. The fourth-order valence-electron chi connectivity index (χ4n) is 2.82. The maximum absolute atomic E-state index is 5.86. The van der Waals surface area contributed by atoms with E-state index in [1.165, 1.54) is 5.56 Å². The highest BCUT2D eigenvalue weighted by molar-refractivity contribution is 5.53. The molecule has 0 fully saturated rings. The van der Waals surface area contributed by atoms with Crippen LogP contribution in [0.1, 0.15) is 30.9 Å². The van der Waals surface area contributed by atoms with Crippen LogP contribution in [0.3, 0.4) is 0 Å². The highest BCUT2D eigenvalue weighted by atomic mass is 16.5. The van der Waals surface area contributed by atoms with Crippen molar-refractivity contribution in [3.8, 4) is 17.2 Å². The predicted molar refractivity (Wildman–Crippen MR) is 101 cm³/mol. The maximum Gasteiger partial charge on any atom is 0.226 e. The molecule has 0 N–H and O–H groups in total. The second-order valence-electron chi connectivity index (χ2n) is 6.73. The lowest BCUT2D eigenvalue weighted by atomic mass is 10.0. The van der Waals surface area contributed by atoms with Gasteiger partial charge in [-0.1, -0.05) is 44.2 Å². The minimum absolute atomic E-state index is 0.588. The summed E-state index contributed by atoms with van der Waals surface area (Å²) in [5, 5.41) is 0. The Morgan fingerprint density at radius 1 is 1.00 bits per heavy atom. The van der Waals surface area contributed by atoms with E-state index in [1.54, 1.807) is 0 Å². The van der Waals surface area contributed by atoms with Crippen molar-refractivity contribution < 1.29 is 9.15 Å². The molecule has 2 aromatic carbocycles. The summed E-state index contributed by atoms with van der Waals surface area (Å²) in [5.74, 6) is 3.10. The SMILES string of the molecule is Cc1oc(-c2ccccc2)nc1CCOc1ccc(CC(C)C)cc1. The van der Waals surface area contributed by atoms with Crippen LogP contribution >= 0.6 is 0 Å². The lowest BCUT2D eigenvalue weighted by Crippen LogP contribution is -2.03. The smallest absolute Gasteiger partial charge is 0.226 e. The first-order chi connectivity index (χ1) is 12.1. The summed E-state index contributed by atoms with van der Waals surface area (Å²) in [4.78, 5) is 4.61. The minimum Gasteiger partial charge on any atom is -0.493 e. The van der Waals surface area contributed by atoms with Crippen LogP contribution in [0.4, 0.5) is 0 Å². The van der Waals surface area contributed by atoms with Crippen LogP contribution < -0.4 is 4.74 Å². The number of hydrogen-bond acceptors (Lipinski definition) is 3. The Kier molecular flexibility index (Phi) is 5.54. The zero-order chi connectivity index (χ0) is 17.6. The monoisotopic (exact) mass is 335 g/mol. The number of ether oxygens (including phenoxy) is 1. The van der Waals surface area contributed by atoms with E-state index < -0.39 is 0 Å². The molecule has 0 atom stereocenters. The Labute approximate surface area is 149 Å². The fourth-order valence-corrected chi connectivity index (χ4v) is 2.82. The van der Waals surface area contributed by atoms with Gasteiger partial charge in [-0.15, -0.1) is 0 Å². The summed E-state index contributed by atoms with van der Waals surface area (Å²) in [6, 6.07) is 18.3. The lowest BCUT2D eigenvalue weighted by Gasteiger charge is -2.08. The Morgan fingerprint density at radius 3 is 2.40 bits per heavy atom. The number of oxazole rings is 1. The Morgan fingerprint density at radius 2 is 1.72 bits per heavy atom. The summed E-state index contributed by atoms with van der Waals surface area (Å²) in [6.07, 6.45) is 1.83. The largest absolute Gasteiger partial charge is 0.493 e. The van der Waals surface area contributed by atoms with Gasteiger partial charge in [0.2, 0.25) is 5.89 Å². The van der Waals surface area contributed by atoms with E-state index in [0.29, 0.717) is 18.4 Å². The van der Waals surface area contributed by atoms with Crippen molar-refractivity contribution in [2.24, 2.45) is 5.92 Å². The fraction of sp³-hybridized carbons (Fsp3) is 0.318. The summed E-state index contributed by atoms with van der Waals surface area (Å²) >= 11 is 0. The van der Waals surface area contributed by atoms with Crippen LogP contribution in [0.25, 0.3) is 11.5 Å². The number of hydrogen-bond donors (Lipinski definition) is 0. The molecule has 25 heavy (non-hydrogen) atoms. The number of benzene rings is 2. The zero-order valence-corrected chi connectivity index (χ0v) is 15.2. The van der Waals surface area contributed by atoms with Gasteiger partial charge in [-0.2, -0.15) is 0 Å². The third-order valence-electron chi connectivity index (χ3n) is 4.09. The molecular formula is C22H25NO2. The molecule has 0 aliphatic rings. The van der Waals surface area contributed by atoms with E-state index in [4.69, 9.17) is 9.15 Å². The molecule has 0 saturated heterocycles. The lowest BCUT2D eigenvalue weighted by molar-refractivity contribution is 0.320. The Balaban J connectivity index is 1.56. The van der Waals surface area contributed by atoms with Gasteiger partial charge in [-0.25, -0.2) is 4.98 Å². The van der Waals surface area contributed by atoms with E-state index >= 15 is 0 Å². The van der Waals surface area contributed by atoms with Crippen LogP contribution in [0, 0.1) is 12.8 Å². The molecule has 0 aliphatic heterocycles. The molecule has 130 valence electrons. The number of rotatable bonds is 7. The van der Waals surface area contributed by atoms with Crippen LogP contribution in [0.15, 0.2) is 59.0 Å². The zero-order valence-electron chi connectivity index (χ0n) is 15.2. The summed E-state index contributed by atoms with van der Waals surface area (Å²) in [7, 11) is 0. The average molecular weight is 335 g/mol. The molecule has 3 nitrogen and oxygen atoms in total. The van der Waals surface area contributed by atoms with Crippen LogP contribution in [0.2, 0.25) is 0 Å². The van der Waals surface area contributed by atoms with Gasteiger partial charge < -0.3 is 9.15 Å². The first-order valence-corrected chi connectivity index (χ1v) is 8.85. The van der Waals surface area contributed by atoms with Gasteiger partial charge in [0, 0.05) is 12.0 Å². The number of aryl methyl sites for hydroxylation is 1. The highest BCUT2D eigenvalue weighted by Crippen LogP contribution is 2.22. The second kappa shape index (κ2) is 8.02. The molecule has 0 saturated carbocycles. The van der Waals surface area contributed by atoms with E-state index in [9.17, 15) is 0 Å². The standard InChI is InChI=1S/C22H25NO2/c1-16(2)15-18-9-11-20(12-10-18)24-14-13-21-17(3)25-22(23-21)19-7-5-4-6-8-19/h4-12,16H,13-15H2,1-3H3. The van der Waals surface area contributed by atoms with Gasteiger partial charge in [0.05, 0.1) is 12.3 Å². The van der Waals surface area contributed by atoms with Gasteiger partial charge in [0.1, 0.15) is 11.5 Å². The molecule has 0 spiro atoms.